The lowest BCUT2D eigenvalue weighted by molar-refractivity contribution is 0.648. The zero-order valence-corrected chi connectivity index (χ0v) is 59.9. The molecular formula is C104H70N2OS. The maximum atomic E-state index is 6.96. The van der Waals surface area contributed by atoms with Gasteiger partial charge in [-0.3, -0.25) is 0 Å². The fourth-order valence-corrected chi connectivity index (χ4v) is 18.8. The molecule has 0 N–H and O–H groups in total. The average molecular weight is 1400 g/mol. The van der Waals surface area contributed by atoms with E-state index >= 15 is 0 Å². The van der Waals surface area contributed by atoms with Crippen LogP contribution < -0.4 is 9.80 Å². The molecule has 0 bridgehead atoms. The van der Waals surface area contributed by atoms with Crippen molar-refractivity contribution in [2.45, 2.75) is 10.8 Å². The summed E-state index contributed by atoms with van der Waals surface area (Å²) in [6, 6.07) is 154. The monoisotopic (exact) mass is 1390 g/mol. The molecule has 2 aliphatic rings. The van der Waals surface area contributed by atoms with Crippen molar-refractivity contribution in [3.8, 4) is 55.6 Å². The summed E-state index contributed by atoms with van der Waals surface area (Å²) in [7, 11) is 0. The fourth-order valence-electron chi connectivity index (χ4n) is 17.6. The molecule has 108 heavy (non-hydrogen) atoms. The van der Waals surface area contributed by atoms with Crippen molar-refractivity contribution >= 4 is 87.6 Å². The normalized spacial score (nSPS) is 12.8. The summed E-state index contributed by atoms with van der Waals surface area (Å²) in [6.07, 6.45) is 0. The predicted molar refractivity (Wildman–Crippen MR) is 453 cm³/mol. The Morgan fingerprint density at radius 1 is 0.213 bits per heavy atom. The summed E-state index contributed by atoms with van der Waals surface area (Å²) in [6.45, 7) is 0. The molecule has 21 rings (SSSR count). The van der Waals surface area contributed by atoms with Crippen molar-refractivity contribution in [3.05, 3.63) is 469 Å². The number of rotatable bonds is 13. The van der Waals surface area contributed by atoms with E-state index in [0.717, 1.165) is 61.6 Å². The van der Waals surface area contributed by atoms with Gasteiger partial charge in [0.25, 0.3) is 0 Å². The minimum absolute atomic E-state index is 0.454. The second-order valence-electron chi connectivity index (χ2n) is 28.1. The van der Waals surface area contributed by atoms with Crippen LogP contribution in [0.1, 0.15) is 44.5 Å². The van der Waals surface area contributed by atoms with Crippen LogP contribution in [0.2, 0.25) is 0 Å². The van der Waals surface area contributed by atoms with E-state index in [1.807, 2.05) is 11.3 Å². The maximum Gasteiger partial charge on any atom is 0.140 e. The standard InChI is InChI=1S/C55H37NS.C49H33NO/c1-4-15-38(16-5-1)40-27-31-43(32-28-40)56(44-33-29-41(30-34-44)39-17-6-2-7-18-39)45-35-36-53-49(37-45)48-23-14-26-52(54(48)57-53)55(42-19-8-3-9-20-42)50-24-12-10-21-46(50)47-22-11-13-25-51(47)55;1-4-15-34(16-5-1)35-27-29-38(30-28-35)50(37-19-8-3-9-20-37)39-31-32-47-43(33-39)42-23-14-26-46(48(42)51-47)49(36-17-6-2-7-18-36)44-24-12-10-21-40(44)41-22-11-13-25-45(41)49/h1-37H;1-33H. The van der Waals surface area contributed by atoms with Gasteiger partial charge in [0.15, 0.2) is 0 Å². The van der Waals surface area contributed by atoms with Crippen molar-refractivity contribution in [3.63, 3.8) is 0 Å². The first-order valence-electron chi connectivity index (χ1n) is 37.1. The molecule has 0 spiro atoms. The Labute approximate surface area is 633 Å². The number of hydrogen-bond acceptors (Lipinski definition) is 4. The summed E-state index contributed by atoms with van der Waals surface area (Å²) in [5, 5.41) is 4.75. The number of thiophene rings is 1. The number of anilines is 6. The highest BCUT2D eigenvalue weighted by atomic mass is 32.1. The van der Waals surface area contributed by atoms with Crippen LogP contribution in [0.3, 0.4) is 0 Å². The molecule has 0 radical (unpaired) electrons. The van der Waals surface area contributed by atoms with Crippen LogP contribution in [0.5, 0.6) is 0 Å². The Morgan fingerprint density at radius 3 is 0.963 bits per heavy atom. The minimum atomic E-state index is -0.540. The lowest BCUT2D eigenvalue weighted by Crippen LogP contribution is -2.28. The van der Waals surface area contributed by atoms with Crippen molar-refractivity contribution in [1.29, 1.82) is 0 Å². The molecule has 0 amide bonds. The maximum absolute atomic E-state index is 6.96. The van der Waals surface area contributed by atoms with Gasteiger partial charge in [0.2, 0.25) is 0 Å². The molecule has 2 aliphatic carbocycles. The highest BCUT2D eigenvalue weighted by Gasteiger charge is 2.49. The molecule has 0 fully saturated rings. The van der Waals surface area contributed by atoms with E-state index in [-0.39, 0.29) is 0 Å². The third-order valence-electron chi connectivity index (χ3n) is 22.3. The first kappa shape index (κ1) is 64.0. The second kappa shape index (κ2) is 26.8. The number of furan rings is 1. The van der Waals surface area contributed by atoms with Crippen molar-refractivity contribution in [2.24, 2.45) is 0 Å². The molecule has 0 atom stereocenters. The zero-order chi connectivity index (χ0) is 71.5. The Kier molecular flexibility index (Phi) is 15.9. The molecule has 0 unspecified atom stereocenters. The van der Waals surface area contributed by atoms with Gasteiger partial charge in [-0.05, 0) is 180 Å². The molecule has 0 saturated heterocycles. The highest BCUT2D eigenvalue weighted by Crippen LogP contribution is 2.60. The highest BCUT2D eigenvalue weighted by molar-refractivity contribution is 7.26. The van der Waals surface area contributed by atoms with Crippen LogP contribution in [-0.4, -0.2) is 0 Å². The Bertz CT molecular complexity index is 6340. The van der Waals surface area contributed by atoms with Crippen LogP contribution in [0.4, 0.5) is 34.1 Å². The predicted octanol–water partition coefficient (Wildman–Crippen LogP) is 28.3. The summed E-state index contributed by atoms with van der Waals surface area (Å²) in [5.41, 5.74) is 30.0. The first-order chi connectivity index (χ1) is 53.6. The number of benzene rings is 17. The second-order valence-corrected chi connectivity index (χ2v) is 29.1. The van der Waals surface area contributed by atoms with E-state index in [1.54, 1.807) is 0 Å². The van der Waals surface area contributed by atoms with Crippen molar-refractivity contribution < 1.29 is 4.42 Å². The van der Waals surface area contributed by atoms with Gasteiger partial charge in [-0.1, -0.05) is 340 Å². The average Bonchev–Trinajstić information content (AvgIpc) is 1.53. The van der Waals surface area contributed by atoms with Crippen LogP contribution in [0.15, 0.2) is 429 Å². The van der Waals surface area contributed by atoms with Crippen molar-refractivity contribution in [2.75, 3.05) is 9.80 Å². The molecule has 2 aromatic heterocycles. The van der Waals surface area contributed by atoms with Gasteiger partial charge < -0.3 is 14.2 Å². The Balaban J connectivity index is 0.000000143. The van der Waals surface area contributed by atoms with Crippen LogP contribution in [0.25, 0.3) is 97.7 Å². The summed E-state index contributed by atoms with van der Waals surface area (Å²) >= 11 is 1.91. The van der Waals surface area contributed by atoms with E-state index in [1.165, 1.54) is 115 Å². The molecule has 19 aromatic rings. The van der Waals surface area contributed by atoms with Crippen LogP contribution >= 0.6 is 11.3 Å². The number of fused-ring (bicyclic) bond motifs is 12. The summed E-state index contributed by atoms with van der Waals surface area (Å²) in [4.78, 5) is 4.72. The third kappa shape index (κ3) is 10.5. The fraction of sp³-hybridized carbons (Fsp3) is 0.0192. The SMILES string of the molecule is c1ccc(-c2ccc(N(c3ccc(-c4ccccc4)cc3)c3ccc4sc5c(C6(c7ccccc7)c7ccccc7-c7ccccc76)cccc5c4c3)cc2)cc1.c1ccc(-c2ccc(N(c3ccccc3)c3ccc4oc5c(C6(c7ccccc7)c7ccccc7-c7ccccc76)cccc5c4c3)cc2)cc1. The van der Waals surface area contributed by atoms with Gasteiger partial charge in [-0.25, -0.2) is 0 Å². The number of hydrogen-bond donors (Lipinski definition) is 0. The van der Waals surface area contributed by atoms with Gasteiger partial charge >= 0.3 is 0 Å². The molecule has 2 heterocycles. The molecular weight excluding hydrogens is 1330 g/mol. The zero-order valence-electron chi connectivity index (χ0n) is 59.1. The van der Waals surface area contributed by atoms with E-state index in [4.69, 9.17) is 4.42 Å². The summed E-state index contributed by atoms with van der Waals surface area (Å²) in [5.74, 6) is 0. The van der Waals surface area contributed by atoms with E-state index < -0.39 is 10.8 Å². The topological polar surface area (TPSA) is 19.6 Å². The van der Waals surface area contributed by atoms with E-state index in [2.05, 4.69) is 434 Å². The molecule has 17 aromatic carbocycles. The van der Waals surface area contributed by atoms with E-state index in [9.17, 15) is 0 Å². The molecule has 0 saturated carbocycles. The molecule has 3 nitrogen and oxygen atoms in total. The Morgan fingerprint density at radius 2 is 0.528 bits per heavy atom. The number of para-hydroxylation sites is 2. The third-order valence-corrected chi connectivity index (χ3v) is 23.5. The molecule has 4 heteroatoms. The minimum Gasteiger partial charge on any atom is -0.456 e. The lowest BCUT2D eigenvalue weighted by atomic mass is 9.67. The van der Waals surface area contributed by atoms with E-state index in [0.29, 0.717) is 0 Å². The molecule has 0 aliphatic heterocycles. The smallest absolute Gasteiger partial charge is 0.140 e. The lowest BCUT2D eigenvalue weighted by Gasteiger charge is -2.34. The molecule has 508 valence electrons. The largest absolute Gasteiger partial charge is 0.456 e. The van der Waals surface area contributed by atoms with Crippen LogP contribution in [-0.2, 0) is 10.8 Å². The van der Waals surface area contributed by atoms with Gasteiger partial charge in [0.05, 0.1) is 10.8 Å². The van der Waals surface area contributed by atoms with Crippen molar-refractivity contribution in [1.82, 2.24) is 0 Å². The summed E-state index contributed by atoms with van der Waals surface area (Å²) < 4.78 is 9.57. The first-order valence-corrected chi connectivity index (χ1v) is 37.9. The van der Waals surface area contributed by atoms with Gasteiger partial charge in [-0.15, -0.1) is 11.3 Å². The van der Waals surface area contributed by atoms with Gasteiger partial charge in [-0.2, -0.15) is 0 Å². The van der Waals surface area contributed by atoms with Gasteiger partial charge in [0, 0.05) is 70.6 Å². The quantitative estimate of drug-likeness (QED) is 0.115. The number of nitrogens with zero attached hydrogens (tertiary/aromatic N) is 2. The van der Waals surface area contributed by atoms with Gasteiger partial charge in [0.1, 0.15) is 11.2 Å². The van der Waals surface area contributed by atoms with Crippen LogP contribution in [0, 0.1) is 0 Å². The Hall–Kier alpha value is -13.6.